The lowest BCUT2D eigenvalue weighted by Crippen LogP contribution is -2.54. The van der Waals surface area contributed by atoms with Crippen molar-refractivity contribution >= 4 is 5.91 Å². The van der Waals surface area contributed by atoms with Crippen molar-refractivity contribution in [3.05, 3.63) is 0 Å². The van der Waals surface area contributed by atoms with E-state index in [9.17, 15) is 4.79 Å². The van der Waals surface area contributed by atoms with Crippen LogP contribution in [0.2, 0.25) is 0 Å². The summed E-state index contributed by atoms with van der Waals surface area (Å²) >= 11 is 0. The number of rotatable bonds is 5. The summed E-state index contributed by atoms with van der Waals surface area (Å²) in [5.74, 6) is 0.899. The van der Waals surface area contributed by atoms with Crippen LogP contribution in [0.3, 0.4) is 0 Å². The number of carbonyl (C=O) groups excluding carboxylic acids is 1. The second-order valence-corrected chi connectivity index (χ2v) is 5.90. The number of nitrogens with zero attached hydrogens (tertiary/aromatic N) is 2. The zero-order chi connectivity index (χ0) is 13.1. The lowest BCUT2D eigenvalue weighted by Gasteiger charge is -2.38. The fraction of sp³-hybridized carbons (Fsp3) is 0.929. The molecule has 1 heterocycles. The van der Waals surface area contributed by atoms with Crippen molar-refractivity contribution in [3.8, 4) is 0 Å². The van der Waals surface area contributed by atoms with E-state index in [1.165, 1.54) is 19.3 Å². The zero-order valence-electron chi connectivity index (χ0n) is 11.8. The quantitative estimate of drug-likeness (QED) is 0.797. The summed E-state index contributed by atoms with van der Waals surface area (Å²) in [4.78, 5) is 16.6. The van der Waals surface area contributed by atoms with Crippen molar-refractivity contribution in [1.29, 1.82) is 0 Å². The van der Waals surface area contributed by atoms with Crippen molar-refractivity contribution in [2.45, 2.75) is 51.6 Å². The van der Waals surface area contributed by atoms with E-state index in [4.69, 9.17) is 5.73 Å². The van der Waals surface area contributed by atoms with E-state index in [1.54, 1.807) is 0 Å². The van der Waals surface area contributed by atoms with Crippen LogP contribution in [0.5, 0.6) is 0 Å². The lowest BCUT2D eigenvalue weighted by atomic mass is 10.1. The maximum atomic E-state index is 12.2. The van der Waals surface area contributed by atoms with Gasteiger partial charge in [-0.3, -0.25) is 9.69 Å². The Morgan fingerprint density at radius 1 is 1.28 bits per heavy atom. The minimum atomic E-state index is -0.257. The van der Waals surface area contributed by atoms with Crippen molar-refractivity contribution in [2.24, 2.45) is 11.7 Å². The first kappa shape index (κ1) is 13.8. The molecule has 18 heavy (non-hydrogen) atoms. The molecule has 0 aromatic carbocycles. The van der Waals surface area contributed by atoms with Gasteiger partial charge in [-0.05, 0) is 25.7 Å². The van der Waals surface area contributed by atoms with Gasteiger partial charge in [-0.15, -0.1) is 0 Å². The Hall–Kier alpha value is -0.610. The van der Waals surface area contributed by atoms with Crippen LogP contribution in [-0.2, 0) is 4.79 Å². The van der Waals surface area contributed by atoms with Gasteiger partial charge < -0.3 is 10.6 Å². The maximum Gasteiger partial charge on any atom is 0.239 e. The molecule has 2 atom stereocenters. The van der Waals surface area contributed by atoms with Crippen molar-refractivity contribution in [3.63, 3.8) is 0 Å². The van der Waals surface area contributed by atoms with Crippen LogP contribution < -0.4 is 5.73 Å². The molecule has 2 N–H and O–H groups in total. The predicted molar refractivity (Wildman–Crippen MR) is 73.2 cm³/mol. The molecular formula is C14H27N3O. The maximum absolute atomic E-state index is 12.2. The van der Waals surface area contributed by atoms with E-state index >= 15 is 0 Å². The van der Waals surface area contributed by atoms with Gasteiger partial charge in [0.25, 0.3) is 0 Å². The van der Waals surface area contributed by atoms with E-state index in [-0.39, 0.29) is 11.9 Å². The van der Waals surface area contributed by atoms with E-state index in [0.717, 1.165) is 38.5 Å². The first-order valence-corrected chi connectivity index (χ1v) is 7.40. The predicted octanol–water partition coefficient (Wildman–Crippen LogP) is 1.06. The highest BCUT2D eigenvalue weighted by Crippen LogP contribution is 2.33. The van der Waals surface area contributed by atoms with E-state index < -0.39 is 0 Å². The summed E-state index contributed by atoms with van der Waals surface area (Å²) in [6, 6.07) is 0.370. The second-order valence-electron chi connectivity index (χ2n) is 5.90. The lowest BCUT2D eigenvalue weighted by molar-refractivity contribution is -0.134. The molecule has 1 saturated carbocycles. The molecule has 2 fully saturated rings. The molecule has 104 valence electrons. The van der Waals surface area contributed by atoms with Gasteiger partial charge in [0.1, 0.15) is 0 Å². The minimum Gasteiger partial charge on any atom is -0.339 e. The molecule has 2 aliphatic rings. The van der Waals surface area contributed by atoms with Crippen LogP contribution in [0.15, 0.2) is 0 Å². The Balaban J connectivity index is 1.75. The Labute approximate surface area is 110 Å². The summed E-state index contributed by atoms with van der Waals surface area (Å²) in [6.45, 7) is 8.17. The molecule has 4 heteroatoms. The van der Waals surface area contributed by atoms with Gasteiger partial charge in [0, 0.05) is 32.2 Å². The molecule has 0 radical (unpaired) electrons. The fourth-order valence-electron chi connectivity index (χ4n) is 2.69. The minimum absolute atomic E-state index is 0.172. The van der Waals surface area contributed by atoms with Gasteiger partial charge in [0.05, 0.1) is 6.04 Å². The molecule has 1 aliphatic carbocycles. The van der Waals surface area contributed by atoms with Crippen molar-refractivity contribution in [2.75, 3.05) is 26.2 Å². The first-order chi connectivity index (χ1) is 8.61. The zero-order valence-corrected chi connectivity index (χ0v) is 11.8. The highest BCUT2D eigenvalue weighted by atomic mass is 16.2. The van der Waals surface area contributed by atoms with Crippen LogP contribution in [0.4, 0.5) is 0 Å². The number of piperazine rings is 1. The molecule has 0 aromatic rings. The number of hydrogen-bond donors (Lipinski definition) is 1. The molecular weight excluding hydrogens is 226 g/mol. The molecule has 0 spiro atoms. The van der Waals surface area contributed by atoms with Gasteiger partial charge in [0.2, 0.25) is 5.91 Å². The van der Waals surface area contributed by atoms with Gasteiger partial charge in [0.15, 0.2) is 0 Å². The number of hydrogen-bond acceptors (Lipinski definition) is 3. The number of amides is 1. The smallest absolute Gasteiger partial charge is 0.239 e. The van der Waals surface area contributed by atoms with E-state index in [0.29, 0.717) is 6.04 Å². The molecule has 2 rings (SSSR count). The molecule has 1 saturated heterocycles. The van der Waals surface area contributed by atoms with Crippen LogP contribution in [-0.4, -0.2) is 54.0 Å². The van der Waals surface area contributed by atoms with Crippen LogP contribution in [0, 0.1) is 5.92 Å². The summed E-state index contributed by atoms with van der Waals surface area (Å²) in [5.41, 5.74) is 6.00. The Bertz CT molecular complexity index is 283. The Kier molecular flexibility index (Phi) is 4.62. The molecule has 0 aromatic heterocycles. The Morgan fingerprint density at radius 3 is 2.39 bits per heavy atom. The first-order valence-electron chi connectivity index (χ1n) is 7.40. The third-order valence-corrected chi connectivity index (χ3v) is 4.44. The average molecular weight is 253 g/mol. The molecule has 0 bridgehead atoms. The van der Waals surface area contributed by atoms with Crippen LogP contribution in [0.25, 0.3) is 0 Å². The third kappa shape index (κ3) is 3.45. The largest absolute Gasteiger partial charge is 0.339 e. The second kappa shape index (κ2) is 6.02. The van der Waals surface area contributed by atoms with E-state index in [1.807, 2.05) is 4.90 Å². The average Bonchev–Trinajstić information content (AvgIpc) is 3.21. The molecule has 1 aliphatic heterocycles. The SMILES string of the molecule is CCC(C)N1CCN(C(=O)C(N)CC2CC2)CC1. The van der Waals surface area contributed by atoms with Crippen molar-refractivity contribution < 1.29 is 4.79 Å². The topological polar surface area (TPSA) is 49.6 Å². The van der Waals surface area contributed by atoms with Gasteiger partial charge in [-0.2, -0.15) is 0 Å². The highest BCUT2D eigenvalue weighted by Gasteiger charge is 2.31. The van der Waals surface area contributed by atoms with E-state index in [2.05, 4.69) is 18.7 Å². The monoisotopic (exact) mass is 253 g/mol. The summed E-state index contributed by atoms with van der Waals surface area (Å²) in [5, 5.41) is 0. The van der Waals surface area contributed by atoms with Crippen LogP contribution >= 0.6 is 0 Å². The highest BCUT2D eigenvalue weighted by molar-refractivity contribution is 5.81. The Morgan fingerprint density at radius 2 is 1.89 bits per heavy atom. The third-order valence-electron chi connectivity index (χ3n) is 4.44. The summed E-state index contributed by atoms with van der Waals surface area (Å²) in [7, 11) is 0. The van der Waals surface area contributed by atoms with Gasteiger partial charge >= 0.3 is 0 Å². The van der Waals surface area contributed by atoms with Crippen molar-refractivity contribution in [1.82, 2.24) is 9.80 Å². The normalized spacial score (nSPS) is 24.9. The summed E-state index contributed by atoms with van der Waals surface area (Å²) < 4.78 is 0. The molecule has 2 unspecified atom stereocenters. The molecule has 1 amide bonds. The standard InChI is InChI=1S/C14H27N3O/c1-3-11(2)16-6-8-17(9-7-16)14(18)13(15)10-12-4-5-12/h11-13H,3-10,15H2,1-2H3. The summed E-state index contributed by atoms with van der Waals surface area (Å²) in [6.07, 6.45) is 4.60. The van der Waals surface area contributed by atoms with Crippen LogP contribution in [0.1, 0.15) is 39.5 Å². The fourth-order valence-corrected chi connectivity index (χ4v) is 2.69. The van der Waals surface area contributed by atoms with Gasteiger partial charge in [-0.1, -0.05) is 19.8 Å². The number of nitrogens with two attached hydrogens (primary N) is 1. The number of carbonyl (C=O) groups is 1. The molecule has 4 nitrogen and oxygen atoms in total. The van der Waals surface area contributed by atoms with Gasteiger partial charge in [-0.25, -0.2) is 0 Å².